The molecule has 1 N–H and O–H groups in total. The van der Waals surface area contributed by atoms with Gasteiger partial charge in [-0.25, -0.2) is 4.79 Å². The predicted octanol–water partition coefficient (Wildman–Crippen LogP) is 2.58. The van der Waals surface area contributed by atoms with Crippen molar-refractivity contribution in [2.75, 3.05) is 19.0 Å². The number of nitriles is 1. The summed E-state index contributed by atoms with van der Waals surface area (Å²) in [5, 5.41) is 13.5. The van der Waals surface area contributed by atoms with Crippen molar-refractivity contribution in [2.24, 2.45) is 0 Å². The van der Waals surface area contributed by atoms with Gasteiger partial charge in [-0.05, 0) is 42.6 Å². The monoisotopic (exact) mass is 360 g/mol. The van der Waals surface area contributed by atoms with Crippen molar-refractivity contribution in [1.82, 2.24) is 0 Å². The van der Waals surface area contributed by atoms with Crippen molar-refractivity contribution in [1.29, 1.82) is 5.26 Å². The average molecular weight is 360 g/mol. The number of nitrogens with zero attached hydrogens (tertiary/aromatic N) is 1. The van der Waals surface area contributed by atoms with Gasteiger partial charge in [-0.3, -0.25) is 4.79 Å². The number of carbonyl (C=O) groups is 2. The standard InChI is InChI=1S/C17H16N2O5S/c1-11(24-14-5-3-13(22-2)4-6-14)17(21)23-10-15(20)19-16-12(9-18)7-8-25-16/h3-8,11H,10H2,1-2H3,(H,19,20). The Balaban J connectivity index is 1.80. The summed E-state index contributed by atoms with van der Waals surface area (Å²) in [6, 6.07) is 10.3. The van der Waals surface area contributed by atoms with Gasteiger partial charge in [0.05, 0.1) is 12.7 Å². The number of methoxy groups -OCH3 is 1. The third-order valence-electron chi connectivity index (χ3n) is 3.09. The fraction of sp³-hybridized carbons (Fsp3) is 0.235. The predicted molar refractivity (Wildman–Crippen MR) is 91.7 cm³/mol. The van der Waals surface area contributed by atoms with Crippen molar-refractivity contribution >= 4 is 28.2 Å². The van der Waals surface area contributed by atoms with Crippen LogP contribution in [0.15, 0.2) is 35.7 Å². The van der Waals surface area contributed by atoms with E-state index in [0.717, 1.165) is 0 Å². The molecule has 0 bridgehead atoms. The topological polar surface area (TPSA) is 97.7 Å². The second-order valence-corrected chi connectivity index (χ2v) is 5.78. The van der Waals surface area contributed by atoms with Crippen LogP contribution in [0.25, 0.3) is 0 Å². The molecule has 0 saturated heterocycles. The van der Waals surface area contributed by atoms with E-state index in [0.29, 0.717) is 22.1 Å². The van der Waals surface area contributed by atoms with E-state index in [9.17, 15) is 9.59 Å². The smallest absolute Gasteiger partial charge is 0.347 e. The van der Waals surface area contributed by atoms with Crippen molar-refractivity contribution in [3.8, 4) is 17.6 Å². The Bertz CT molecular complexity index is 779. The maximum absolute atomic E-state index is 11.9. The maximum atomic E-state index is 11.9. The summed E-state index contributed by atoms with van der Waals surface area (Å²) in [4.78, 5) is 23.7. The molecule has 0 saturated carbocycles. The Labute approximate surface area is 148 Å². The van der Waals surface area contributed by atoms with E-state index >= 15 is 0 Å². The van der Waals surface area contributed by atoms with Crippen molar-refractivity contribution < 1.29 is 23.8 Å². The van der Waals surface area contributed by atoms with Gasteiger partial charge in [-0.2, -0.15) is 5.26 Å². The number of hydrogen-bond donors (Lipinski definition) is 1. The maximum Gasteiger partial charge on any atom is 0.347 e. The van der Waals surface area contributed by atoms with Crippen LogP contribution in [-0.2, 0) is 14.3 Å². The molecule has 0 fully saturated rings. The molecule has 1 amide bonds. The van der Waals surface area contributed by atoms with Crippen LogP contribution in [0.5, 0.6) is 11.5 Å². The second kappa shape index (κ2) is 8.70. The molecule has 1 heterocycles. The van der Waals surface area contributed by atoms with Crippen LogP contribution in [0, 0.1) is 11.3 Å². The summed E-state index contributed by atoms with van der Waals surface area (Å²) < 4.78 is 15.4. The van der Waals surface area contributed by atoms with Gasteiger partial charge in [0.15, 0.2) is 12.7 Å². The van der Waals surface area contributed by atoms with Crippen LogP contribution in [-0.4, -0.2) is 31.7 Å². The molecule has 0 aliphatic rings. The number of rotatable bonds is 7. The number of benzene rings is 1. The Morgan fingerprint density at radius 3 is 2.56 bits per heavy atom. The molecule has 0 aliphatic carbocycles. The van der Waals surface area contributed by atoms with E-state index in [-0.39, 0.29) is 0 Å². The van der Waals surface area contributed by atoms with Crippen LogP contribution < -0.4 is 14.8 Å². The lowest BCUT2D eigenvalue weighted by atomic mass is 10.3. The first-order valence-electron chi connectivity index (χ1n) is 7.28. The highest BCUT2D eigenvalue weighted by Crippen LogP contribution is 2.22. The van der Waals surface area contributed by atoms with Crippen LogP contribution in [0.3, 0.4) is 0 Å². The minimum Gasteiger partial charge on any atom is -0.497 e. The number of anilines is 1. The van der Waals surface area contributed by atoms with E-state index in [4.69, 9.17) is 19.5 Å². The zero-order valence-electron chi connectivity index (χ0n) is 13.6. The number of ether oxygens (including phenoxy) is 3. The Hall–Kier alpha value is -3.05. The van der Waals surface area contributed by atoms with Gasteiger partial charge < -0.3 is 19.5 Å². The van der Waals surface area contributed by atoms with Gasteiger partial charge in [-0.15, -0.1) is 11.3 Å². The van der Waals surface area contributed by atoms with Gasteiger partial charge >= 0.3 is 5.97 Å². The van der Waals surface area contributed by atoms with Gasteiger partial charge in [0.25, 0.3) is 5.91 Å². The molecule has 0 spiro atoms. The Morgan fingerprint density at radius 1 is 1.24 bits per heavy atom. The molecule has 0 aliphatic heterocycles. The number of hydrogen-bond acceptors (Lipinski definition) is 7. The van der Waals surface area contributed by atoms with Gasteiger partial charge in [0.2, 0.25) is 0 Å². The van der Waals surface area contributed by atoms with Gasteiger partial charge in [-0.1, -0.05) is 0 Å². The normalized spacial score (nSPS) is 11.1. The summed E-state index contributed by atoms with van der Waals surface area (Å²) in [6.45, 7) is 1.06. The van der Waals surface area contributed by atoms with Crippen LogP contribution in [0.4, 0.5) is 5.00 Å². The van der Waals surface area contributed by atoms with Crippen LogP contribution in [0.2, 0.25) is 0 Å². The number of esters is 1. The summed E-state index contributed by atoms with van der Waals surface area (Å²) in [5.74, 6) is -0.0434. The van der Waals surface area contributed by atoms with E-state index in [1.165, 1.54) is 18.3 Å². The highest BCUT2D eigenvalue weighted by Gasteiger charge is 2.18. The number of nitrogens with one attached hydrogen (secondary N) is 1. The molecule has 1 aromatic heterocycles. The summed E-state index contributed by atoms with van der Waals surface area (Å²) in [7, 11) is 1.55. The first-order chi connectivity index (χ1) is 12.0. The highest BCUT2D eigenvalue weighted by atomic mass is 32.1. The zero-order chi connectivity index (χ0) is 18.2. The van der Waals surface area contributed by atoms with Crippen LogP contribution >= 0.6 is 11.3 Å². The van der Waals surface area contributed by atoms with Crippen molar-refractivity contribution in [2.45, 2.75) is 13.0 Å². The fourth-order valence-corrected chi connectivity index (χ4v) is 2.57. The molecule has 1 aromatic carbocycles. The molecule has 25 heavy (non-hydrogen) atoms. The summed E-state index contributed by atoms with van der Waals surface area (Å²) in [6.07, 6.45) is -0.877. The number of thiophene rings is 1. The molecular formula is C17H16N2O5S. The van der Waals surface area contributed by atoms with Gasteiger partial charge in [0, 0.05) is 0 Å². The second-order valence-electron chi connectivity index (χ2n) is 4.87. The molecule has 1 atom stereocenters. The minimum atomic E-state index is -0.877. The summed E-state index contributed by atoms with van der Waals surface area (Å²) >= 11 is 1.22. The molecule has 1 unspecified atom stereocenters. The average Bonchev–Trinajstić information content (AvgIpc) is 3.07. The quantitative estimate of drug-likeness (QED) is 0.762. The number of carbonyl (C=O) groups excluding carboxylic acids is 2. The third kappa shape index (κ3) is 5.22. The molecule has 130 valence electrons. The first-order valence-corrected chi connectivity index (χ1v) is 8.16. The number of amides is 1. The minimum absolute atomic E-state index is 0.362. The van der Waals surface area contributed by atoms with Crippen molar-refractivity contribution in [3.05, 3.63) is 41.3 Å². The molecule has 0 radical (unpaired) electrons. The molecule has 8 heteroatoms. The first kappa shape index (κ1) is 18.3. The molecular weight excluding hydrogens is 344 g/mol. The molecule has 7 nitrogen and oxygen atoms in total. The fourth-order valence-electron chi connectivity index (χ4n) is 1.82. The van der Waals surface area contributed by atoms with Gasteiger partial charge in [0.1, 0.15) is 22.6 Å². The third-order valence-corrected chi connectivity index (χ3v) is 3.92. The van der Waals surface area contributed by atoms with Crippen LogP contribution in [0.1, 0.15) is 12.5 Å². The Kier molecular flexibility index (Phi) is 6.37. The van der Waals surface area contributed by atoms with E-state index in [1.54, 1.807) is 42.8 Å². The zero-order valence-corrected chi connectivity index (χ0v) is 14.5. The summed E-state index contributed by atoms with van der Waals surface area (Å²) in [5.41, 5.74) is 0.362. The van der Waals surface area contributed by atoms with E-state index < -0.39 is 24.6 Å². The SMILES string of the molecule is COc1ccc(OC(C)C(=O)OCC(=O)Nc2sccc2C#N)cc1. The van der Waals surface area contributed by atoms with Crippen molar-refractivity contribution in [3.63, 3.8) is 0 Å². The Morgan fingerprint density at radius 2 is 1.92 bits per heavy atom. The lowest BCUT2D eigenvalue weighted by Crippen LogP contribution is -2.29. The van der Waals surface area contributed by atoms with E-state index in [2.05, 4.69) is 5.32 Å². The molecule has 2 aromatic rings. The largest absolute Gasteiger partial charge is 0.497 e. The molecule has 2 rings (SSSR count). The lowest BCUT2D eigenvalue weighted by molar-refractivity contribution is -0.153. The lowest BCUT2D eigenvalue weighted by Gasteiger charge is -2.14. The van der Waals surface area contributed by atoms with E-state index in [1.807, 2.05) is 6.07 Å². The highest BCUT2D eigenvalue weighted by molar-refractivity contribution is 7.14.